The van der Waals surface area contributed by atoms with E-state index >= 15 is 0 Å². The maximum absolute atomic E-state index is 13.2. The van der Waals surface area contributed by atoms with Gasteiger partial charge in [-0.1, -0.05) is 30.5 Å². The van der Waals surface area contributed by atoms with Gasteiger partial charge in [-0.05, 0) is 73.5 Å². The van der Waals surface area contributed by atoms with Gasteiger partial charge in [0, 0.05) is 18.8 Å². The van der Waals surface area contributed by atoms with Gasteiger partial charge in [0.2, 0.25) is 5.16 Å². The molecule has 1 unspecified atom stereocenters. The highest BCUT2D eigenvalue weighted by Crippen LogP contribution is 2.47. The number of rotatable bonds is 7. The van der Waals surface area contributed by atoms with Gasteiger partial charge in [-0.2, -0.15) is 4.98 Å². The Morgan fingerprint density at radius 1 is 1.34 bits per heavy atom. The molecule has 3 aromatic rings. The molecular weight excluding hydrogens is 488 g/mol. The molecule has 1 atom stereocenters. The summed E-state index contributed by atoms with van der Waals surface area (Å²) in [6.45, 7) is 1.91. The van der Waals surface area contributed by atoms with Gasteiger partial charge in [0.15, 0.2) is 0 Å². The molecule has 1 aliphatic heterocycles. The Morgan fingerprint density at radius 3 is 2.86 bits per heavy atom. The number of methoxy groups -OCH3 is 1. The summed E-state index contributed by atoms with van der Waals surface area (Å²) in [7, 11) is 1.58. The van der Waals surface area contributed by atoms with E-state index in [1.165, 1.54) is 0 Å². The predicted molar refractivity (Wildman–Crippen MR) is 133 cm³/mol. The second-order valence-electron chi connectivity index (χ2n) is 9.23. The zero-order chi connectivity index (χ0) is 24.6. The Balaban J connectivity index is 1.39. The number of hydrogen-bond donors (Lipinski definition) is 1. The molecule has 3 heterocycles. The summed E-state index contributed by atoms with van der Waals surface area (Å²) in [5, 5.41) is 16.3. The van der Waals surface area contributed by atoms with E-state index in [-0.39, 0.29) is 23.0 Å². The van der Waals surface area contributed by atoms with Crippen molar-refractivity contribution in [2.24, 2.45) is 5.92 Å². The topological polar surface area (TPSA) is 98.8 Å². The monoisotopic (exact) mass is 514 g/mol. The minimum Gasteiger partial charge on any atom is -0.511 e. The Hall–Kier alpha value is -2.78. The number of aliphatic hydroxyl groups excluding tert-OH is 1. The summed E-state index contributed by atoms with van der Waals surface area (Å²) < 4.78 is 13.0. The summed E-state index contributed by atoms with van der Waals surface area (Å²) in [5.74, 6) is 0.767. The number of aliphatic hydroxyl groups is 1. The molecule has 1 saturated carbocycles. The maximum Gasteiger partial charge on any atom is 0.349 e. The van der Waals surface area contributed by atoms with E-state index < -0.39 is 11.6 Å². The lowest BCUT2D eigenvalue weighted by molar-refractivity contribution is -0.166. The number of cyclic esters (lactones) is 1. The smallest absolute Gasteiger partial charge is 0.349 e. The minimum absolute atomic E-state index is 0.0360. The van der Waals surface area contributed by atoms with E-state index in [2.05, 4.69) is 15.1 Å². The van der Waals surface area contributed by atoms with Gasteiger partial charge in [-0.25, -0.2) is 14.3 Å². The molecule has 35 heavy (non-hydrogen) atoms. The lowest BCUT2D eigenvalue weighted by Crippen LogP contribution is -2.45. The van der Waals surface area contributed by atoms with Crippen molar-refractivity contribution in [3.05, 3.63) is 57.4 Å². The Morgan fingerprint density at radius 2 is 2.14 bits per heavy atom. The van der Waals surface area contributed by atoms with E-state index in [9.17, 15) is 9.90 Å². The Kier molecular flexibility index (Phi) is 6.63. The van der Waals surface area contributed by atoms with Crippen molar-refractivity contribution in [1.82, 2.24) is 19.6 Å². The molecule has 0 spiro atoms. The molecule has 2 aliphatic rings. The number of aryl methyl sites for hydroxylation is 2. The van der Waals surface area contributed by atoms with Gasteiger partial charge in [0.25, 0.3) is 5.78 Å². The first kappa shape index (κ1) is 23.9. The molecule has 0 amide bonds. The number of carbonyl (C=O) groups is 1. The first-order valence-electron chi connectivity index (χ1n) is 11.7. The van der Waals surface area contributed by atoms with Crippen LogP contribution in [0.4, 0.5) is 0 Å². The lowest BCUT2D eigenvalue weighted by Gasteiger charge is -2.41. The highest BCUT2D eigenvalue weighted by molar-refractivity contribution is 8.03. The van der Waals surface area contributed by atoms with Gasteiger partial charge in [0.1, 0.15) is 22.0 Å². The van der Waals surface area contributed by atoms with Crippen LogP contribution in [0.15, 0.2) is 46.4 Å². The fourth-order valence-electron chi connectivity index (χ4n) is 5.08. The summed E-state index contributed by atoms with van der Waals surface area (Å²) in [6, 6.07) is 5.70. The molecule has 0 radical (unpaired) electrons. The van der Waals surface area contributed by atoms with Crippen LogP contribution in [0, 0.1) is 12.8 Å². The standard InChI is InChI=1S/C25H27ClN4O4S/c1-15-13-27-23-28-24(29-30(23)14-15)35-21-19(31)12-25(34-22(21)32,17-5-3-4-6-17)10-9-16-7-8-20(33-2)18(26)11-16/h7-8,11,13-14,17,31H,3-6,9-10,12H2,1-2H3. The zero-order valence-electron chi connectivity index (χ0n) is 19.7. The zero-order valence-corrected chi connectivity index (χ0v) is 21.2. The molecule has 8 nitrogen and oxygen atoms in total. The third-order valence-corrected chi connectivity index (χ3v) is 8.12. The van der Waals surface area contributed by atoms with Crippen molar-refractivity contribution < 1.29 is 19.4 Å². The average Bonchev–Trinajstić information content (AvgIpc) is 3.50. The summed E-state index contributed by atoms with van der Waals surface area (Å²) in [4.78, 5) is 22.0. The van der Waals surface area contributed by atoms with Crippen molar-refractivity contribution >= 4 is 35.1 Å². The van der Waals surface area contributed by atoms with Crippen LogP contribution in [-0.4, -0.2) is 43.4 Å². The van der Waals surface area contributed by atoms with Crippen LogP contribution in [0.3, 0.4) is 0 Å². The van der Waals surface area contributed by atoms with Gasteiger partial charge in [-0.3, -0.25) is 0 Å². The van der Waals surface area contributed by atoms with E-state index in [4.69, 9.17) is 21.1 Å². The number of aromatic nitrogens is 4. The SMILES string of the molecule is COc1ccc(CCC2(C3CCCC3)CC(O)=C(Sc3nc4ncc(C)cn4n3)C(=O)O2)cc1Cl. The molecule has 2 aromatic heterocycles. The van der Waals surface area contributed by atoms with E-state index in [1.807, 2.05) is 31.3 Å². The molecule has 0 saturated heterocycles. The Labute approximate surface area is 212 Å². The first-order chi connectivity index (χ1) is 16.9. The van der Waals surface area contributed by atoms with Crippen LogP contribution in [0.2, 0.25) is 5.02 Å². The van der Waals surface area contributed by atoms with Crippen LogP contribution in [0.1, 0.15) is 49.7 Å². The van der Waals surface area contributed by atoms with Crippen molar-refractivity contribution in [2.75, 3.05) is 7.11 Å². The third-order valence-electron chi connectivity index (χ3n) is 6.86. The molecule has 1 aromatic carbocycles. The molecule has 184 valence electrons. The minimum atomic E-state index is -0.751. The fourth-order valence-corrected chi connectivity index (χ4v) is 6.12. The average molecular weight is 515 g/mol. The number of ether oxygens (including phenoxy) is 2. The van der Waals surface area contributed by atoms with Gasteiger partial charge in [-0.15, -0.1) is 5.10 Å². The molecule has 10 heteroatoms. The van der Waals surface area contributed by atoms with Crippen LogP contribution in [0.5, 0.6) is 5.75 Å². The number of esters is 1. The number of nitrogens with zero attached hydrogens (tertiary/aromatic N) is 4. The van der Waals surface area contributed by atoms with Crippen molar-refractivity contribution in [2.45, 2.75) is 62.6 Å². The molecule has 1 aliphatic carbocycles. The van der Waals surface area contributed by atoms with Gasteiger partial charge < -0.3 is 14.6 Å². The normalized spacial score (nSPS) is 21.1. The number of thioether (sulfide) groups is 1. The lowest BCUT2D eigenvalue weighted by atomic mass is 9.77. The van der Waals surface area contributed by atoms with E-state index in [0.29, 0.717) is 34.5 Å². The van der Waals surface area contributed by atoms with Crippen LogP contribution in [0.25, 0.3) is 5.78 Å². The Bertz CT molecular complexity index is 1300. The van der Waals surface area contributed by atoms with Crippen LogP contribution in [-0.2, 0) is 16.0 Å². The molecule has 1 fully saturated rings. The van der Waals surface area contributed by atoms with E-state index in [0.717, 1.165) is 48.6 Å². The number of fused-ring (bicyclic) bond motifs is 1. The molecule has 5 rings (SSSR count). The number of benzene rings is 1. The number of carbonyl (C=O) groups excluding carboxylic acids is 1. The first-order valence-corrected chi connectivity index (χ1v) is 12.9. The van der Waals surface area contributed by atoms with Crippen molar-refractivity contribution in [3.8, 4) is 5.75 Å². The highest BCUT2D eigenvalue weighted by Gasteiger charge is 2.48. The fraction of sp³-hybridized carbons (Fsp3) is 0.440. The quantitative estimate of drug-likeness (QED) is 0.415. The molecule has 1 N–H and O–H groups in total. The second kappa shape index (κ2) is 9.70. The number of halogens is 1. The molecular formula is C25H27ClN4O4S. The van der Waals surface area contributed by atoms with Gasteiger partial charge >= 0.3 is 5.97 Å². The van der Waals surface area contributed by atoms with Crippen molar-refractivity contribution in [1.29, 1.82) is 0 Å². The van der Waals surface area contributed by atoms with Crippen LogP contribution < -0.4 is 4.74 Å². The van der Waals surface area contributed by atoms with E-state index in [1.54, 1.807) is 17.8 Å². The maximum atomic E-state index is 13.2. The summed E-state index contributed by atoms with van der Waals surface area (Å²) in [6.07, 6.45) is 9.22. The predicted octanol–water partition coefficient (Wildman–Crippen LogP) is 5.47. The largest absolute Gasteiger partial charge is 0.511 e. The highest BCUT2D eigenvalue weighted by atomic mass is 35.5. The van der Waals surface area contributed by atoms with Crippen LogP contribution >= 0.6 is 23.4 Å². The number of hydrogen-bond acceptors (Lipinski definition) is 8. The van der Waals surface area contributed by atoms with Gasteiger partial charge in [0.05, 0.1) is 12.1 Å². The summed E-state index contributed by atoms with van der Waals surface area (Å²) in [5.41, 5.74) is 1.22. The summed E-state index contributed by atoms with van der Waals surface area (Å²) >= 11 is 7.33. The third kappa shape index (κ3) is 4.84. The molecule has 0 bridgehead atoms. The van der Waals surface area contributed by atoms with Crippen molar-refractivity contribution in [3.63, 3.8) is 0 Å². The second-order valence-corrected chi connectivity index (χ2v) is 10.6.